The quantitative estimate of drug-likeness (QED) is 0.468. The van der Waals surface area contributed by atoms with E-state index in [0.29, 0.717) is 15.6 Å². The van der Waals surface area contributed by atoms with E-state index in [9.17, 15) is 22.4 Å². The SMILES string of the molecule is O=c1cc(Br)c2coc3cc(OCC(F)(F)F)c(F)cc3c-2c1. The first-order valence-corrected chi connectivity index (χ1v) is 7.08. The van der Waals surface area contributed by atoms with Crippen LogP contribution >= 0.6 is 15.9 Å². The molecule has 3 rings (SSSR count). The van der Waals surface area contributed by atoms with Gasteiger partial charge in [0, 0.05) is 33.1 Å². The minimum Gasteiger partial charge on any atom is -0.481 e. The second-order valence-corrected chi connectivity index (χ2v) is 5.64. The third-order valence-corrected chi connectivity index (χ3v) is 3.78. The molecule has 1 aliphatic heterocycles. The molecular weight excluding hydrogens is 384 g/mol. The number of benzene rings is 2. The van der Waals surface area contributed by atoms with Crippen molar-refractivity contribution >= 4 is 26.9 Å². The van der Waals surface area contributed by atoms with E-state index in [2.05, 4.69) is 20.7 Å². The fraction of sp³-hybridized carbons (Fsp3) is 0.133. The maximum absolute atomic E-state index is 14.0. The molecule has 1 aromatic carbocycles. The van der Waals surface area contributed by atoms with Gasteiger partial charge in [-0.3, -0.25) is 4.79 Å². The molecule has 8 heteroatoms. The normalized spacial score (nSPS) is 12.0. The van der Waals surface area contributed by atoms with Gasteiger partial charge >= 0.3 is 6.18 Å². The van der Waals surface area contributed by atoms with Crippen molar-refractivity contribution < 1.29 is 26.7 Å². The van der Waals surface area contributed by atoms with Gasteiger partial charge in [0.2, 0.25) is 0 Å². The maximum Gasteiger partial charge on any atom is 0.422 e. The first kappa shape index (κ1) is 15.8. The Bertz CT molecular complexity index is 917. The number of alkyl halides is 3. The Morgan fingerprint density at radius 2 is 1.87 bits per heavy atom. The van der Waals surface area contributed by atoms with Crippen molar-refractivity contribution in [3.63, 3.8) is 0 Å². The summed E-state index contributed by atoms with van der Waals surface area (Å²) in [6.07, 6.45) is -3.25. The molecule has 3 nitrogen and oxygen atoms in total. The Morgan fingerprint density at radius 3 is 2.57 bits per heavy atom. The predicted octanol–water partition coefficient (Wildman–Crippen LogP) is 4.74. The molecule has 0 aromatic heterocycles. The fourth-order valence-electron chi connectivity index (χ4n) is 2.17. The Hall–Kier alpha value is -2.09. The highest BCUT2D eigenvalue weighted by Crippen LogP contribution is 2.37. The summed E-state index contributed by atoms with van der Waals surface area (Å²) in [6.45, 7) is -1.61. The lowest BCUT2D eigenvalue weighted by molar-refractivity contribution is -0.153. The third kappa shape index (κ3) is 3.17. The van der Waals surface area contributed by atoms with Crippen molar-refractivity contribution in [1.29, 1.82) is 0 Å². The van der Waals surface area contributed by atoms with Crippen molar-refractivity contribution in [3.8, 4) is 16.9 Å². The van der Waals surface area contributed by atoms with Gasteiger partial charge in [-0.05, 0) is 28.1 Å². The van der Waals surface area contributed by atoms with Crippen LogP contribution in [-0.4, -0.2) is 12.8 Å². The molecule has 2 aliphatic rings. The van der Waals surface area contributed by atoms with Gasteiger partial charge in [0.15, 0.2) is 23.6 Å². The molecule has 1 aromatic rings. The largest absolute Gasteiger partial charge is 0.481 e. The summed E-state index contributed by atoms with van der Waals surface area (Å²) < 4.78 is 60.7. The van der Waals surface area contributed by atoms with E-state index in [-0.39, 0.29) is 16.4 Å². The Kier molecular flexibility index (Phi) is 3.79. The van der Waals surface area contributed by atoms with E-state index >= 15 is 0 Å². The molecule has 0 saturated heterocycles. The Balaban J connectivity index is 2.16. The standard InChI is InChI=1S/C15H7BrF4O3/c16-11-2-7(21)1-8-9-3-12(17)14(23-6-15(18,19)20)4-13(9)22-5-10(8)11/h1-5H,6H2. The molecule has 0 atom stereocenters. The molecule has 0 N–H and O–H groups in total. The van der Waals surface area contributed by atoms with Crippen molar-refractivity contribution in [2.45, 2.75) is 6.18 Å². The number of fused-ring (bicyclic) bond motifs is 3. The topological polar surface area (TPSA) is 39.4 Å². The minimum atomic E-state index is -4.58. The van der Waals surface area contributed by atoms with Crippen LogP contribution in [0.4, 0.5) is 17.6 Å². The van der Waals surface area contributed by atoms with Gasteiger partial charge in [-0.25, -0.2) is 4.39 Å². The lowest BCUT2D eigenvalue weighted by Gasteiger charge is -2.13. The highest BCUT2D eigenvalue weighted by Gasteiger charge is 2.29. The van der Waals surface area contributed by atoms with Crippen LogP contribution in [0.2, 0.25) is 0 Å². The summed E-state index contributed by atoms with van der Waals surface area (Å²) >= 11 is 3.21. The highest BCUT2D eigenvalue weighted by atomic mass is 79.9. The second-order valence-electron chi connectivity index (χ2n) is 4.78. The molecular formula is C15H7BrF4O3. The van der Waals surface area contributed by atoms with Gasteiger partial charge < -0.3 is 9.15 Å². The molecule has 0 unspecified atom stereocenters. The molecule has 120 valence electrons. The molecule has 23 heavy (non-hydrogen) atoms. The maximum atomic E-state index is 14.0. The van der Waals surface area contributed by atoms with Gasteiger partial charge in [0.05, 0.1) is 0 Å². The first-order chi connectivity index (χ1) is 10.7. The number of hydrogen-bond donors (Lipinski definition) is 0. The van der Waals surface area contributed by atoms with E-state index in [0.717, 1.165) is 12.1 Å². The van der Waals surface area contributed by atoms with Gasteiger partial charge in [-0.15, -0.1) is 0 Å². The van der Waals surface area contributed by atoms with Crippen LogP contribution < -0.4 is 10.2 Å². The molecule has 1 aliphatic carbocycles. The summed E-state index contributed by atoms with van der Waals surface area (Å²) in [4.78, 5) is 11.6. The van der Waals surface area contributed by atoms with Gasteiger partial charge in [0.1, 0.15) is 11.8 Å². The number of halogens is 5. The van der Waals surface area contributed by atoms with E-state index < -0.39 is 24.3 Å². The lowest BCUT2D eigenvalue weighted by atomic mass is 10.0. The molecule has 0 spiro atoms. The zero-order chi connectivity index (χ0) is 16.8. The Morgan fingerprint density at radius 1 is 1.13 bits per heavy atom. The second kappa shape index (κ2) is 5.52. The lowest BCUT2D eigenvalue weighted by Crippen LogP contribution is -2.19. The smallest absolute Gasteiger partial charge is 0.422 e. The van der Waals surface area contributed by atoms with E-state index in [1.54, 1.807) is 0 Å². The van der Waals surface area contributed by atoms with Crippen LogP contribution in [0.25, 0.3) is 22.1 Å². The molecule has 0 bridgehead atoms. The zero-order valence-corrected chi connectivity index (χ0v) is 12.8. The van der Waals surface area contributed by atoms with Crippen molar-refractivity contribution in [1.82, 2.24) is 0 Å². The van der Waals surface area contributed by atoms with E-state index in [4.69, 9.17) is 4.42 Å². The van der Waals surface area contributed by atoms with Crippen molar-refractivity contribution in [3.05, 3.63) is 51.0 Å². The zero-order valence-electron chi connectivity index (χ0n) is 11.2. The van der Waals surface area contributed by atoms with Crippen molar-refractivity contribution in [2.24, 2.45) is 0 Å². The average Bonchev–Trinajstić information content (AvgIpc) is 2.44. The average molecular weight is 391 g/mol. The molecule has 0 fully saturated rings. The molecule has 0 radical (unpaired) electrons. The number of rotatable bonds is 2. The fourth-order valence-corrected chi connectivity index (χ4v) is 2.70. The number of hydrogen-bond acceptors (Lipinski definition) is 3. The third-order valence-electron chi connectivity index (χ3n) is 3.12. The molecule has 0 saturated carbocycles. The minimum absolute atomic E-state index is 0.105. The summed E-state index contributed by atoms with van der Waals surface area (Å²) in [6, 6.07) is 4.65. The number of ether oxygens (including phenoxy) is 1. The van der Waals surface area contributed by atoms with Crippen LogP contribution in [0.1, 0.15) is 0 Å². The summed E-state index contributed by atoms with van der Waals surface area (Å²) in [5.41, 5.74) is 0.774. The molecule has 0 amide bonds. The van der Waals surface area contributed by atoms with Crippen LogP contribution in [0.5, 0.6) is 5.75 Å². The monoisotopic (exact) mass is 390 g/mol. The summed E-state index contributed by atoms with van der Waals surface area (Å²) in [5.74, 6) is -1.55. The summed E-state index contributed by atoms with van der Waals surface area (Å²) in [5, 5.41) is 0.262. The van der Waals surface area contributed by atoms with Crippen LogP contribution in [0.15, 0.2) is 44.2 Å². The van der Waals surface area contributed by atoms with Crippen LogP contribution in [-0.2, 0) is 0 Å². The Labute approximate surface area is 134 Å². The van der Waals surface area contributed by atoms with Crippen LogP contribution in [0.3, 0.4) is 0 Å². The van der Waals surface area contributed by atoms with Crippen LogP contribution in [0, 0.1) is 5.82 Å². The van der Waals surface area contributed by atoms with Gasteiger partial charge in [-0.1, -0.05) is 0 Å². The molecule has 1 heterocycles. The summed E-state index contributed by atoms with van der Waals surface area (Å²) in [7, 11) is 0. The predicted molar refractivity (Wildman–Crippen MR) is 78.3 cm³/mol. The highest BCUT2D eigenvalue weighted by molar-refractivity contribution is 9.10. The first-order valence-electron chi connectivity index (χ1n) is 6.28. The van der Waals surface area contributed by atoms with E-state index in [1.807, 2.05) is 0 Å². The van der Waals surface area contributed by atoms with Gasteiger partial charge in [-0.2, -0.15) is 13.2 Å². The van der Waals surface area contributed by atoms with Gasteiger partial charge in [0.25, 0.3) is 0 Å². The van der Waals surface area contributed by atoms with Crippen molar-refractivity contribution in [2.75, 3.05) is 6.61 Å². The van der Waals surface area contributed by atoms with E-state index in [1.165, 1.54) is 18.4 Å².